The summed E-state index contributed by atoms with van der Waals surface area (Å²) in [5.74, 6) is 0.240. The highest BCUT2D eigenvalue weighted by molar-refractivity contribution is 5.76. The molecule has 6 nitrogen and oxygen atoms in total. The van der Waals surface area contributed by atoms with Crippen LogP contribution in [0.2, 0.25) is 0 Å². The third-order valence-corrected chi connectivity index (χ3v) is 4.10. The maximum atomic E-state index is 11.9. The molecule has 6 heteroatoms. The number of benzene rings is 1. The number of rotatable bonds is 9. The largest absolute Gasteiger partial charge is 0.490 e. The first-order chi connectivity index (χ1) is 11.6. The van der Waals surface area contributed by atoms with Gasteiger partial charge in [-0.3, -0.25) is 9.59 Å². The molecule has 0 bridgehead atoms. The molecule has 1 fully saturated rings. The number of amides is 1. The molecule has 132 valence electrons. The molecule has 1 amide bonds. The van der Waals surface area contributed by atoms with Gasteiger partial charge in [0.15, 0.2) is 11.5 Å². The average molecular weight is 335 g/mol. The van der Waals surface area contributed by atoms with Crippen LogP contribution in [0, 0.1) is 5.92 Å². The van der Waals surface area contributed by atoms with Gasteiger partial charge in [0.2, 0.25) is 5.91 Å². The standard InChI is InChI=1S/C18H25NO5/c1-2-23-15-6-3-4-7-16(15)24-11-5-8-17(20)19-14-10-9-13(12-14)18(21)22/h3-4,6-7,13-14H,2,5,8-12H2,1H3,(H,19,20)(H,21,22)/t13-,14+/m1/s1. The lowest BCUT2D eigenvalue weighted by atomic mass is 10.1. The Morgan fingerprint density at radius 1 is 1.21 bits per heavy atom. The SMILES string of the molecule is CCOc1ccccc1OCCCC(=O)N[C@H]1CC[C@@H](C(=O)O)C1. The van der Waals surface area contributed by atoms with Crippen molar-refractivity contribution in [2.45, 2.75) is 45.1 Å². The van der Waals surface area contributed by atoms with E-state index in [2.05, 4.69) is 5.32 Å². The van der Waals surface area contributed by atoms with Gasteiger partial charge in [0.1, 0.15) is 0 Å². The fraction of sp³-hybridized carbons (Fsp3) is 0.556. The predicted molar refractivity (Wildman–Crippen MR) is 89.2 cm³/mol. The number of ether oxygens (including phenoxy) is 2. The third-order valence-electron chi connectivity index (χ3n) is 4.10. The zero-order chi connectivity index (χ0) is 17.4. The second-order valence-electron chi connectivity index (χ2n) is 5.94. The minimum Gasteiger partial charge on any atom is -0.490 e. The first kappa shape index (κ1) is 18.1. The Hall–Kier alpha value is -2.24. The van der Waals surface area contributed by atoms with Crippen LogP contribution in [0.5, 0.6) is 11.5 Å². The van der Waals surface area contributed by atoms with E-state index >= 15 is 0 Å². The quantitative estimate of drug-likeness (QED) is 0.678. The summed E-state index contributed by atoms with van der Waals surface area (Å²) in [7, 11) is 0. The molecule has 1 aromatic rings. The van der Waals surface area contributed by atoms with Crippen LogP contribution >= 0.6 is 0 Å². The molecule has 2 N–H and O–H groups in total. The molecule has 0 unspecified atom stereocenters. The molecule has 1 aliphatic carbocycles. The summed E-state index contributed by atoms with van der Waals surface area (Å²) in [6, 6.07) is 7.44. The summed E-state index contributed by atoms with van der Waals surface area (Å²) >= 11 is 0. The fourth-order valence-electron chi connectivity index (χ4n) is 2.90. The lowest BCUT2D eigenvalue weighted by Crippen LogP contribution is -2.33. The number of carboxylic acid groups (broad SMARTS) is 1. The van der Waals surface area contributed by atoms with Crippen molar-refractivity contribution in [1.82, 2.24) is 5.32 Å². The normalized spacial score (nSPS) is 19.7. The van der Waals surface area contributed by atoms with Crippen molar-refractivity contribution in [3.05, 3.63) is 24.3 Å². The van der Waals surface area contributed by atoms with E-state index in [1.54, 1.807) is 0 Å². The van der Waals surface area contributed by atoms with E-state index in [-0.39, 0.29) is 17.9 Å². The Labute approximate surface area is 142 Å². The maximum absolute atomic E-state index is 11.9. The van der Waals surface area contributed by atoms with E-state index in [9.17, 15) is 9.59 Å². The van der Waals surface area contributed by atoms with E-state index < -0.39 is 5.97 Å². The summed E-state index contributed by atoms with van der Waals surface area (Å²) in [5, 5.41) is 11.9. The van der Waals surface area contributed by atoms with Crippen molar-refractivity contribution >= 4 is 11.9 Å². The molecule has 1 saturated carbocycles. The molecule has 2 atom stereocenters. The maximum Gasteiger partial charge on any atom is 0.306 e. The fourth-order valence-corrected chi connectivity index (χ4v) is 2.90. The zero-order valence-corrected chi connectivity index (χ0v) is 14.0. The van der Waals surface area contributed by atoms with Crippen LogP contribution in [0.25, 0.3) is 0 Å². The predicted octanol–water partition coefficient (Wildman–Crippen LogP) is 2.61. The molecule has 24 heavy (non-hydrogen) atoms. The highest BCUT2D eigenvalue weighted by Gasteiger charge is 2.30. The molecular weight excluding hydrogens is 310 g/mol. The summed E-state index contributed by atoms with van der Waals surface area (Å²) in [6.45, 7) is 2.92. The zero-order valence-electron chi connectivity index (χ0n) is 14.0. The smallest absolute Gasteiger partial charge is 0.306 e. The summed E-state index contributed by atoms with van der Waals surface area (Å²) < 4.78 is 11.2. The van der Waals surface area contributed by atoms with Crippen LogP contribution in [0.15, 0.2) is 24.3 Å². The molecular formula is C18H25NO5. The summed E-state index contributed by atoms with van der Waals surface area (Å²) in [4.78, 5) is 22.8. The minimum absolute atomic E-state index is 0.0156. The van der Waals surface area contributed by atoms with Crippen molar-refractivity contribution in [1.29, 1.82) is 0 Å². The molecule has 1 aromatic carbocycles. The number of nitrogens with one attached hydrogen (secondary N) is 1. The number of carboxylic acids is 1. The highest BCUT2D eigenvalue weighted by Crippen LogP contribution is 2.27. The Kier molecular flexibility index (Phi) is 6.90. The van der Waals surface area contributed by atoms with Crippen LogP contribution < -0.4 is 14.8 Å². The van der Waals surface area contributed by atoms with Crippen LogP contribution in [0.4, 0.5) is 0 Å². The van der Waals surface area contributed by atoms with Gasteiger partial charge in [0.25, 0.3) is 0 Å². The highest BCUT2D eigenvalue weighted by atomic mass is 16.5. The average Bonchev–Trinajstić information content (AvgIpc) is 3.02. The van der Waals surface area contributed by atoms with Crippen LogP contribution in [-0.2, 0) is 9.59 Å². The molecule has 0 heterocycles. The van der Waals surface area contributed by atoms with Crippen LogP contribution in [-0.4, -0.2) is 36.2 Å². The van der Waals surface area contributed by atoms with Crippen molar-refractivity contribution in [2.24, 2.45) is 5.92 Å². The summed E-state index contributed by atoms with van der Waals surface area (Å²) in [6.07, 6.45) is 2.87. The molecule has 0 saturated heterocycles. The van der Waals surface area contributed by atoms with Gasteiger partial charge >= 0.3 is 5.97 Å². The van der Waals surface area contributed by atoms with E-state index in [0.717, 1.165) is 6.42 Å². The van der Waals surface area contributed by atoms with Gasteiger partial charge in [0, 0.05) is 12.5 Å². The number of para-hydroxylation sites is 2. The Balaban J connectivity index is 1.66. The number of hydrogen-bond acceptors (Lipinski definition) is 4. The van der Waals surface area contributed by atoms with Crippen molar-refractivity contribution in [2.75, 3.05) is 13.2 Å². The van der Waals surface area contributed by atoms with Gasteiger partial charge in [-0.05, 0) is 44.7 Å². The molecule has 0 aliphatic heterocycles. The first-order valence-electron chi connectivity index (χ1n) is 8.47. The van der Waals surface area contributed by atoms with Crippen LogP contribution in [0.1, 0.15) is 39.0 Å². The van der Waals surface area contributed by atoms with E-state index in [0.29, 0.717) is 50.4 Å². The number of carbonyl (C=O) groups is 2. The lowest BCUT2D eigenvalue weighted by molar-refractivity contribution is -0.141. The van der Waals surface area contributed by atoms with E-state index in [1.807, 2.05) is 31.2 Å². The molecule has 1 aliphatic rings. The van der Waals surface area contributed by atoms with Crippen molar-refractivity contribution in [3.63, 3.8) is 0 Å². The topological polar surface area (TPSA) is 84.9 Å². The third kappa shape index (κ3) is 5.44. The van der Waals surface area contributed by atoms with E-state index in [1.165, 1.54) is 0 Å². The molecule has 0 aromatic heterocycles. The Morgan fingerprint density at radius 3 is 2.54 bits per heavy atom. The van der Waals surface area contributed by atoms with Crippen LogP contribution in [0.3, 0.4) is 0 Å². The number of carbonyl (C=O) groups excluding carboxylic acids is 1. The summed E-state index contributed by atoms with van der Waals surface area (Å²) in [5.41, 5.74) is 0. The van der Waals surface area contributed by atoms with Gasteiger partial charge in [-0.1, -0.05) is 12.1 Å². The first-order valence-corrected chi connectivity index (χ1v) is 8.47. The minimum atomic E-state index is -0.770. The second kappa shape index (κ2) is 9.15. The van der Waals surface area contributed by atoms with Gasteiger partial charge in [0.05, 0.1) is 19.1 Å². The van der Waals surface area contributed by atoms with Crippen molar-refractivity contribution < 1.29 is 24.2 Å². The van der Waals surface area contributed by atoms with Crippen molar-refractivity contribution in [3.8, 4) is 11.5 Å². The second-order valence-corrected chi connectivity index (χ2v) is 5.94. The number of aliphatic carboxylic acids is 1. The molecule has 0 radical (unpaired) electrons. The van der Waals surface area contributed by atoms with E-state index in [4.69, 9.17) is 14.6 Å². The molecule has 2 rings (SSSR count). The molecule has 0 spiro atoms. The Bertz CT molecular complexity index is 560. The Morgan fingerprint density at radius 2 is 1.92 bits per heavy atom. The van der Waals surface area contributed by atoms with Gasteiger partial charge in [-0.25, -0.2) is 0 Å². The van der Waals surface area contributed by atoms with Gasteiger partial charge in [-0.2, -0.15) is 0 Å². The van der Waals surface area contributed by atoms with Gasteiger partial charge in [-0.15, -0.1) is 0 Å². The van der Waals surface area contributed by atoms with Gasteiger partial charge < -0.3 is 19.9 Å². The number of hydrogen-bond donors (Lipinski definition) is 2. The lowest BCUT2D eigenvalue weighted by Gasteiger charge is -2.13. The monoisotopic (exact) mass is 335 g/mol.